The summed E-state index contributed by atoms with van der Waals surface area (Å²) in [6.07, 6.45) is 5.93. The van der Waals surface area contributed by atoms with Crippen LogP contribution < -0.4 is 20.7 Å². The van der Waals surface area contributed by atoms with E-state index in [4.69, 9.17) is 10.5 Å². The van der Waals surface area contributed by atoms with Crippen molar-refractivity contribution < 1.29 is 14.3 Å². The Balaban J connectivity index is 1.67. The largest absolute Gasteiger partial charge is 0.487 e. The van der Waals surface area contributed by atoms with Gasteiger partial charge in [0.2, 0.25) is 5.91 Å². The Morgan fingerprint density at radius 3 is 2.61 bits per heavy atom. The minimum atomic E-state index is -0.386. The molecule has 174 valence electrons. The zero-order valence-electron chi connectivity index (χ0n) is 19.3. The molecule has 4 rings (SSSR count). The molecule has 0 aliphatic carbocycles. The summed E-state index contributed by atoms with van der Waals surface area (Å²) in [7, 11) is 0. The van der Waals surface area contributed by atoms with Gasteiger partial charge in [0.15, 0.2) is 5.82 Å². The number of nitrogens with zero attached hydrogens (tertiary/aromatic N) is 4. The average molecular weight is 451 g/mol. The van der Waals surface area contributed by atoms with Crippen LogP contribution in [-0.4, -0.2) is 58.5 Å². The average Bonchev–Trinajstić information content (AvgIpc) is 2.92. The summed E-state index contributed by atoms with van der Waals surface area (Å²) in [5, 5.41) is 3.02. The molecule has 0 bridgehead atoms. The van der Waals surface area contributed by atoms with E-state index in [2.05, 4.69) is 20.2 Å². The number of rotatable bonds is 4. The lowest BCUT2D eigenvalue weighted by Crippen LogP contribution is -2.34. The highest BCUT2D eigenvalue weighted by Gasteiger charge is 2.32. The number of carbonyl (C=O) groups is 2. The first-order valence-electron chi connectivity index (χ1n) is 11.1. The summed E-state index contributed by atoms with van der Waals surface area (Å²) >= 11 is 0. The first-order valence-corrected chi connectivity index (χ1v) is 11.1. The molecule has 2 aromatic rings. The Kier molecular flexibility index (Phi) is 6.22. The van der Waals surface area contributed by atoms with Crippen molar-refractivity contribution >= 4 is 28.8 Å². The molecule has 0 unspecified atom stereocenters. The van der Waals surface area contributed by atoms with Crippen molar-refractivity contribution in [1.29, 1.82) is 0 Å². The highest BCUT2D eigenvalue weighted by atomic mass is 16.5. The molecule has 1 saturated heterocycles. The van der Waals surface area contributed by atoms with Gasteiger partial charge in [0.05, 0.1) is 16.9 Å². The molecule has 33 heavy (non-hydrogen) atoms. The Bertz CT molecular complexity index is 1080. The topological polar surface area (TPSA) is 114 Å². The third-order valence-corrected chi connectivity index (χ3v) is 5.93. The van der Waals surface area contributed by atoms with Crippen LogP contribution in [0.1, 0.15) is 38.6 Å². The van der Waals surface area contributed by atoms with E-state index in [-0.39, 0.29) is 28.8 Å². The van der Waals surface area contributed by atoms with Gasteiger partial charge in [-0.3, -0.25) is 9.59 Å². The summed E-state index contributed by atoms with van der Waals surface area (Å²) in [6.45, 7) is 8.44. The highest BCUT2D eigenvalue weighted by Crippen LogP contribution is 2.42. The molecule has 0 saturated carbocycles. The van der Waals surface area contributed by atoms with Crippen LogP contribution in [-0.2, 0) is 16.0 Å². The third-order valence-electron chi connectivity index (χ3n) is 5.93. The number of hydrogen-bond acceptors (Lipinski definition) is 7. The Hall–Kier alpha value is -3.62. The lowest BCUT2D eigenvalue weighted by molar-refractivity contribution is -0.128. The number of nitrogens with two attached hydrogens (primary N) is 1. The molecular weight excluding hydrogens is 420 g/mol. The second-order valence-corrected chi connectivity index (χ2v) is 8.97. The molecule has 9 nitrogen and oxygen atoms in total. The Labute approximate surface area is 193 Å². The fraction of sp³-hybridized carbons (Fsp3) is 0.417. The molecule has 0 spiro atoms. The summed E-state index contributed by atoms with van der Waals surface area (Å²) in [4.78, 5) is 37.4. The van der Waals surface area contributed by atoms with E-state index in [0.29, 0.717) is 25.3 Å². The Morgan fingerprint density at radius 2 is 1.91 bits per heavy atom. The fourth-order valence-corrected chi connectivity index (χ4v) is 4.35. The van der Waals surface area contributed by atoms with E-state index in [1.807, 2.05) is 30.9 Å². The van der Waals surface area contributed by atoms with Crippen LogP contribution in [0, 0.1) is 0 Å². The van der Waals surface area contributed by atoms with E-state index in [1.165, 1.54) is 6.20 Å². The summed E-state index contributed by atoms with van der Waals surface area (Å²) in [5.41, 5.74) is 8.20. The molecule has 2 amide bonds. The molecule has 1 aromatic heterocycles. The van der Waals surface area contributed by atoms with Crippen molar-refractivity contribution in [2.24, 2.45) is 5.73 Å². The number of anilines is 2. The minimum absolute atomic E-state index is 0.0741. The van der Waals surface area contributed by atoms with Crippen LogP contribution in [0.15, 0.2) is 36.8 Å². The van der Waals surface area contributed by atoms with Crippen LogP contribution in [0.5, 0.6) is 5.75 Å². The minimum Gasteiger partial charge on any atom is -0.487 e. The van der Waals surface area contributed by atoms with Crippen LogP contribution in [0.2, 0.25) is 0 Å². The smallest absolute Gasteiger partial charge is 0.261 e. The van der Waals surface area contributed by atoms with Gasteiger partial charge in [0.25, 0.3) is 5.91 Å². The molecule has 9 heteroatoms. The van der Waals surface area contributed by atoms with Gasteiger partial charge >= 0.3 is 0 Å². The van der Waals surface area contributed by atoms with Crippen molar-refractivity contribution in [1.82, 2.24) is 14.9 Å². The maximum Gasteiger partial charge on any atom is 0.261 e. The lowest BCUT2D eigenvalue weighted by Gasteiger charge is -2.27. The maximum absolute atomic E-state index is 13.2. The van der Waals surface area contributed by atoms with Crippen molar-refractivity contribution in [2.45, 2.75) is 39.2 Å². The van der Waals surface area contributed by atoms with Crippen molar-refractivity contribution in [3.05, 3.63) is 48.2 Å². The van der Waals surface area contributed by atoms with E-state index in [9.17, 15) is 9.59 Å². The van der Waals surface area contributed by atoms with Gasteiger partial charge in [-0.05, 0) is 32.4 Å². The summed E-state index contributed by atoms with van der Waals surface area (Å²) in [6, 6.07) is 5.65. The van der Waals surface area contributed by atoms with Crippen LogP contribution >= 0.6 is 0 Å². The normalized spacial score (nSPS) is 17.7. The van der Waals surface area contributed by atoms with E-state index >= 15 is 0 Å². The summed E-state index contributed by atoms with van der Waals surface area (Å²) in [5.74, 6) is 0.770. The first kappa shape index (κ1) is 22.6. The number of nitrogens with one attached hydrogen (secondary N) is 1. The molecule has 3 N–H and O–H groups in total. The number of carbonyl (C=O) groups excluding carboxylic acids is 2. The monoisotopic (exact) mass is 450 g/mol. The molecular formula is C24H30N6O3. The number of amides is 2. The molecule has 1 aromatic carbocycles. The van der Waals surface area contributed by atoms with E-state index in [0.717, 1.165) is 36.4 Å². The predicted molar refractivity (Wildman–Crippen MR) is 127 cm³/mol. The molecule has 0 radical (unpaired) electrons. The Morgan fingerprint density at radius 1 is 1.15 bits per heavy atom. The van der Waals surface area contributed by atoms with E-state index < -0.39 is 0 Å². The van der Waals surface area contributed by atoms with Crippen molar-refractivity contribution in [3.8, 4) is 5.75 Å². The summed E-state index contributed by atoms with van der Waals surface area (Å²) < 4.78 is 6.16. The van der Waals surface area contributed by atoms with Gasteiger partial charge in [0.1, 0.15) is 11.4 Å². The van der Waals surface area contributed by atoms with Gasteiger partial charge in [-0.25, -0.2) is 9.97 Å². The number of ether oxygens (including phenoxy) is 1. The van der Waals surface area contributed by atoms with E-state index in [1.54, 1.807) is 25.4 Å². The van der Waals surface area contributed by atoms with Gasteiger partial charge < -0.3 is 25.6 Å². The van der Waals surface area contributed by atoms with Crippen LogP contribution in [0.4, 0.5) is 11.4 Å². The third kappa shape index (κ3) is 4.92. The lowest BCUT2D eigenvalue weighted by atomic mass is 10.0. The second-order valence-electron chi connectivity index (χ2n) is 8.97. The predicted octanol–water partition coefficient (Wildman–Crippen LogP) is 2.19. The van der Waals surface area contributed by atoms with Gasteiger partial charge in [0, 0.05) is 69.7 Å². The second kappa shape index (κ2) is 9.09. The highest BCUT2D eigenvalue weighted by molar-refractivity contribution is 6.24. The van der Waals surface area contributed by atoms with Gasteiger partial charge in [-0.15, -0.1) is 0 Å². The number of aromatic nitrogens is 2. The van der Waals surface area contributed by atoms with Crippen LogP contribution in [0.3, 0.4) is 0 Å². The molecule has 3 heterocycles. The zero-order chi connectivity index (χ0) is 23.6. The molecule has 2 aliphatic rings. The zero-order valence-corrected chi connectivity index (χ0v) is 19.3. The van der Waals surface area contributed by atoms with Crippen molar-refractivity contribution in [2.75, 3.05) is 36.4 Å². The first-order chi connectivity index (χ1) is 15.8. The quantitative estimate of drug-likeness (QED) is 0.687. The maximum atomic E-state index is 13.2. The fourth-order valence-electron chi connectivity index (χ4n) is 4.35. The number of benzene rings is 1. The standard InChI is InChI=1S/C24H30N6O3/c1-16(31)29-8-5-9-30(11-10-29)20-13-21-17(14-24(2,3)33-21)12-19(20)28-23(32)18(15-25)22-26-6-4-7-27-22/h4,6-7,12-13,15H,5,8-11,14,25H2,1-3H3,(H,28,32). The number of fused-ring (bicyclic) bond motifs is 1. The molecule has 1 fully saturated rings. The van der Waals surface area contributed by atoms with Crippen molar-refractivity contribution in [3.63, 3.8) is 0 Å². The van der Waals surface area contributed by atoms with Gasteiger partial charge in [-0.1, -0.05) is 0 Å². The molecule has 2 aliphatic heterocycles. The SMILES string of the molecule is CC(=O)N1CCCN(c2cc3c(cc2NC(=O)C(=CN)c2ncccn2)CC(C)(C)O3)CC1. The number of hydrogen-bond donors (Lipinski definition) is 2. The van der Waals surface area contributed by atoms with Gasteiger partial charge in [-0.2, -0.15) is 0 Å². The molecule has 0 atom stereocenters. The van der Waals surface area contributed by atoms with Crippen LogP contribution in [0.25, 0.3) is 5.57 Å².